The lowest BCUT2D eigenvalue weighted by molar-refractivity contribution is 0.670. The van der Waals surface area contributed by atoms with E-state index in [0.29, 0.717) is 14.8 Å². The second-order valence-corrected chi connectivity index (χ2v) is 11.9. The van der Waals surface area contributed by atoms with Crippen molar-refractivity contribution in [2.75, 3.05) is 0 Å². The second-order valence-electron chi connectivity index (χ2n) is 10.8. The third-order valence-corrected chi connectivity index (χ3v) is 9.10. The lowest BCUT2D eigenvalue weighted by atomic mass is 9.96. The number of fused-ring (bicyclic) bond motifs is 6. The van der Waals surface area contributed by atoms with E-state index in [9.17, 15) is 1.37 Å². The van der Waals surface area contributed by atoms with Crippen LogP contribution in [0.15, 0.2) is 174 Å². The number of furan rings is 1. The van der Waals surface area contributed by atoms with Gasteiger partial charge in [-0.1, -0.05) is 133 Å². The van der Waals surface area contributed by atoms with Crippen molar-refractivity contribution in [3.05, 3.63) is 170 Å². The molecule has 0 unspecified atom stereocenters. The monoisotopic (exact) mass is 679 g/mol. The largest absolute Gasteiger partial charge is 0.455 e. The highest BCUT2D eigenvalue weighted by Crippen LogP contribution is 2.41. The van der Waals surface area contributed by atoms with Gasteiger partial charge in [0.1, 0.15) is 17.5 Å². The molecule has 0 radical (unpaired) electrons. The van der Waals surface area contributed by atoms with Gasteiger partial charge in [-0.05, 0) is 69.2 Å². The van der Waals surface area contributed by atoms with E-state index in [2.05, 4.69) is 9.97 Å². The number of nitrogens with zero attached hydrogens (tertiary/aromatic N) is 2. The fourth-order valence-electron chi connectivity index (χ4n) is 5.64. The molecule has 0 bridgehead atoms. The van der Waals surface area contributed by atoms with Crippen LogP contribution in [0.4, 0.5) is 0 Å². The molecule has 3 nitrogen and oxygen atoms in total. The fourth-order valence-corrected chi connectivity index (χ4v) is 6.78. The highest BCUT2D eigenvalue weighted by Gasteiger charge is 2.16. The van der Waals surface area contributed by atoms with E-state index in [1.807, 2.05) is 0 Å². The third-order valence-electron chi connectivity index (χ3n) is 7.93. The molecule has 50 heavy (non-hydrogen) atoms. The van der Waals surface area contributed by atoms with Crippen molar-refractivity contribution in [1.82, 2.24) is 9.97 Å². The molecule has 7 aromatic carbocycles. The molecule has 3 aromatic heterocycles. The Morgan fingerprint density at radius 1 is 0.500 bits per heavy atom. The molecule has 0 atom stereocenters. The Morgan fingerprint density at radius 2 is 1.16 bits per heavy atom. The van der Waals surface area contributed by atoms with Crippen molar-refractivity contribution in [2.24, 2.45) is 0 Å². The van der Waals surface area contributed by atoms with E-state index in [0.717, 1.165) is 17.7 Å². The van der Waals surface area contributed by atoms with Gasteiger partial charge in [-0.15, -0.1) is 11.3 Å². The molecular weight excluding hydrogens is 629 g/mol. The summed E-state index contributed by atoms with van der Waals surface area (Å²) in [6.07, 6.45) is 1.16. The lowest BCUT2D eigenvalue weighted by Crippen LogP contribution is -1.87. The Labute approximate surface area is 325 Å². The number of hydrogen-bond donors (Lipinski definition) is 0. The second kappa shape index (κ2) is 11.7. The van der Waals surface area contributed by atoms with Crippen LogP contribution in [0.3, 0.4) is 0 Å². The molecule has 0 saturated heterocycles. The summed E-state index contributed by atoms with van der Waals surface area (Å²) in [5.74, 6) is 0. The lowest BCUT2D eigenvalue weighted by Gasteiger charge is -2.08. The number of para-hydroxylation sites is 2. The predicted molar refractivity (Wildman–Crippen MR) is 209 cm³/mol. The van der Waals surface area contributed by atoms with Gasteiger partial charge in [-0.3, -0.25) is 0 Å². The molecule has 0 aliphatic heterocycles. The van der Waals surface area contributed by atoms with Gasteiger partial charge in [0.25, 0.3) is 0 Å². The van der Waals surface area contributed by atoms with Gasteiger partial charge in [0.05, 0.1) is 47.4 Å². The summed E-state index contributed by atoms with van der Waals surface area (Å²) in [5, 5.41) is -0.0343. The molecule has 10 rings (SSSR count). The predicted octanol–water partition coefficient (Wildman–Crippen LogP) is 13.1. The molecule has 0 N–H and O–H groups in total. The topological polar surface area (TPSA) is 38.9 Å². The maximum atomic E-state index is 9.40. The number of aromatic nitrogens is 2. The molecule has 0 aliphatic carbocycles. The summed E-state index contributed by atoms with van der Waals surface area (Å²) in [6, 6.07) is -9.93. The van der Waals surface area contributed by atoms with Gasteiger partial charge in [-0.25, -0.2) is 9.97 Å². The summed E-state index contributed by atoms with van der Waals surface area (Å²) < 4.78 is 207. The van der Waals surface area contributed by atoms with E-state index in [1.165, 1.54) is 18.2 Å². The van der Waals surface area contributed by atoms with E-state index in [4.69, 9.17) is 34.6 Å². The Kier molecular flexibility index (Phi) is 3.23. The molecule has 0 fully saturated rings. The summed E-state index contributed by atoms with van der Waals surface area (Å²) in [7, 11) is 0. The molecule has 4 heteroatoms. The molecule has 0 aliphatic rings. The summed E-state index contributed by atoms with van der Waals surface area (Å²) in [6.45, 7) is 0. The zero-order chi connectivity index (χ0) is 53.0. The fraction of sp³-hybridized carbons (Fsp3) is 0. The van der Waals surface area contributed by atoms with Crippen LogP contribution in [-0.4, -0.2) is 9.97 Å². The van der Waals surface area contributed by atoms with Crippen LogP contribution in [0.2, 0.25) is 0 Å². The van der Waals surface area contributed by atoms with Crippen molar-refractivity contribution >= 4 is 53.6 Å². The molecule has 3 heterocycles. The van der Waals surface area contributed by atoms with Crippen molar-refractivity contribution in [1.29, 1.82) is 0 Å². The number of benzene rings is 7. The van der Waals surface area contributed by atoms with Crippen molar-refractivity contribution < 1.29 is 35.9 Å². The Balaban J connectivity index is 1.16. The first-order valence-electron chi connectivity index (χ1n) is 26.3. The highest BCUT2D eigenvalue weighted by atomic mass is 32.1. The summed E-state index contributed by atoms with van der Waals surface area (Å²) >= 11 is 1.13. The number of rotatable bonds is 5. The standard InChI is InChI=1S/C46H28N2OS/c1-2-9-29(10-3-1)30-19-21-31(22-20-30)32-11-6-12-33(25-32)34-23-24-42-40(27-34)44-46(50-42)43(47-28-48-44)36-14-7-13-35(26-36)37-16-8-17-39-38-15-4-5-18-41(38)49-45(37)39/h1-28H/i1D,2D,3D,4D,5D,6D,7D,8D,9D,10D,11D,12D,13D,14D,15D,16D,17D,18D,19D,20D,21D,22D,25D. The minimum Gasteiger partial charge on any atom is -0.455 e. The molecule has 0 spiro atoms. The SMILES string of the molecule is [2H]c1c(-c2c([2H])c([2H])c([2H])c3c2oc2c([2H])c([2H])c([2H])c([2H])c23)cc(-c2ncnc3c2sc2ccc(-c4c([2H])c([2H])c([2H])c(-c5c([2H])c([2H])c(-c6c([2H])c([2H])c([2H])c([2H])c6[2H])c([2H])c5[2H])c4[2H])cc23)c([2H])c1[2H]. The quantitative estimate of drug-likeness (QED) is 0.182. The molecule has 0 amide bonds. The van der Waals surface area contributed by atoms with Crippen molar-refractivity contribution in [3.8, 4) is 55.8 Å². The molecular formula is C46H28N2OS. The van der Waals surface area contributed by atoms with Gasteiger partial charge in [0, 0.05) is 32.0 Å². The summed E-state index contributed by atoms with van der Waals surface area (Å²) in [4.78, 5) is 8.97. The van der Waals surface area contributed by atoms with Gasteiger partial charge in [0.2, 0.25) is 0 Å². The number of thiophene rings is 1. The molecule has 10 aromatic rings. The normalized spacial score (nSPS) is 18.0. The average molecular weight is 680 g/mol. The zero-order valence-corrected chi connectivity index (χ0v) is 25.9. The first kappa shape index (κ1) is 13.9. The van der Waals surface area contributed by atoms with Crippen LogP contribution in [-0.2, 0) is 0 Å². The van der Waals surface area contributed by atoms with Crippen LogP contribution in [0.1, 0.15) is 31.5 Å². The van der Waals surface area contributed by atoms with Crippen molar-refractivity contribution in [2.45, 2.75) is 0 Å². The van der Waals surface area contributed by atoms with Crippen LogP contribution < -0.4 is 0 Å². The van der Waals surface area contributed by atoms with Gasteiger partial charge in [0.15, 0.2) is 0 Å². The Hall–Kier alpha value is -6.36. The first-order valence-corrected chi connectivity index (χ1v) is 15.7. The average Bonchev–Trinajstić information content (AvgIpc) is 3.96. The van der Waals surface area contributed by atoms with Gasteiger partial charge < -0.3 is 4.42 Å². The van der Waals surface area contributed by atoms with E-state index >= 15 is 0 Å². The van der Waals surface area contributed by atoms with E-state index < -0.39 is 161 Å². The zero-order valence-electron chi connectivity index (χ0n) is 48.1. The molecule has 234 valence electrons. The Morgan fingerprint density at radius 3 is 2.02 bits per heavy atom. The maximum Gasteiger partial charge on any atom is 0.143 e. The van der Waals surface area contributed by atoms with E-state index in [-0.39, 0.29) is 61.0 Å². The van der Waals surface area contributed by atoms with Gasteiger partial charge >= 0.3 is 0 Å². The number of hydrogen-bond acceptors (Lipinski definition) is 4. The summed E-state index contributed by atoms with van der Waals surface area (Å²) in [5.41, 5.74) is -3.34. The molecule has 0 saturated carbocycles. The minimum absolute atomic E-state index is 0.0431. The highest BCUT2D eigenvalue weighted by molar-refractivity contribution is 7.26. The Bertz CT molecular complexity index is 4150. The smallest absolute Gasteiger partial charge is 0.143 e. The third kappa shape index (κ3) is 4.80. The van der Waals surface area contributed by atoms with Crippen LogP contribution in [0.25, 0.3) is 98.0 Å². The maximum absolute atomic E-state index is 9.40. The minimum atomic E-state index is -0.844. The first-order chi connectivity index (χ1) is 34.3. The van der Waals surface area contributed by atoms with Crippen LogP contribution in [0, 0.1) is 0 Å². The van der Waals surface area contributed by atoms with Crippen LogP contribution in [0.5, 0.6) is 0 Å². The van der Waals surface area contributed by atoms with Crippen LogP contribution >= 0.6 is 11.3 Å². The van der Waals surface area contributed by atoms with E-state index in [1.54, 1.807) is 6.07 Å². The van der Waals surface area contributed by atoms with Crippen molar-refractivity contribution in [3.63, 3.8) is 0 Å². The van der Waals surface area contributed by atoms with Gasteiger partial charge in [-0.2, -0.15) is 0 Å².